The molecule has 18 heteroatoms. The van der Waals surface area contributed by atoms with Crippen LogP contribution < -0.4 is 16.0 Å². The summed E-state index contributed by atoms with van der Waals surface area (Å²) in [5.41, 5.74) is -0.923. The quantitative estimate of drug-likeness (QED) is 0.0964. The lowest BCUT2D eigenvalue weighted by molar-refractivity contribution is -0.146. The average Bonchev–Trinajstić information content (AvgIpc) is 3.01. The number of thioether (sulfide) groups is 2. The van der Waals surface area contributed by atoms with E-state index in [-0.39, 0.29) is 48.1 Å². The third-order valence-electron chi connectivity index (χ3n) is 6.35. The van der Waals surface area contributed by atoms with Crippen molar-refractivity contribution in [2.24, 2.45) is 10.8 Å². The maximum absolute atomic E-state index is 13.2. The van der Waals surface area contributed by atoms with Crippen LogP contribution >= 0.6 is 31.3 Å². The summed E-state index contributed by atoms with van der Waals surface area (Å²) in [5, 5.41) is 7.25. The number of hydrogen-bond acceptors (Lipinski definition) is 14. The Balaban J connectivity index is 1.89. The lowest BCUT2D eigenvalue weighted by Crippen LogP contribution is -2.50. The smallest absolute Gasteiger partial charge is 0.459 e. The van der Waals surface area contributed by atoms with Crippen molar-refractivity contribution < 1.29 is 56.4 Å². The van der Waals surface area contributed by atoms with E-state index < -0.39 is 55.6 Å². The van der Waals surface area contributed by atoms with Gasteiger partial charge in [0.05, 0.1) is 6.61 Å². The van der Waals surface area contributed by atoms with Gasteiger partial charge in [-0.2, -0.15) is 0 Å². The minimum absolute atomic E-state index is 0.0374. The van der Waals surface area contributed by atoms with Crippen LogP contribution in [-0.2, 0) is 58.2 Å². The third kappa shape index (κ3) is 15.1. The summed E-state index contributed by atoms with van der Waals surface area (Å²) >= 11 is 1.93. The largest absolute Gasteiger partial charge is 0.478 e. The summed E-state index contributed by atoms with van der Waals surface area (Å²) in [7, 11) is -4.40. The first-order valence-corrected chi connectivity index (χ1v) is 18.4. The molecule has 1 aromatic carbocycles. The third-order valence-corrected chi connectivity index (χ3v) is 9.88. The highest BCUT2D eigenvalue weighted by atomic mass is 32.2. The van der Waals surface area contributed by atoms with Crippen LogP contribution in [0.5, 0.6) is 0 Å². The van der Waals surface area contributed by atoms with Crippen molar-refractivity contribution in [2.75, 3.05) is 38.0 Å². The Morgan fingerprint density at radius 2 is 1.71 bits per heavy atom. The standard InChI is InChI=1S/C30H44N3O12PS2/c1-20(34)47-15-14-31-23(35)12-13-32-25(36)24-30(5,6)18-43-46(40,45-24)44-19-42-28(39)33-22(17-48-27(38)29(2,3)4)26(37)41-16-21-10-8-7-9-11-21/h7-11,22,24H,12-19H2,1-6H3,(H,31,35)(H,32,36)(H,33,39)/t22-,24-,46?/m0/s1. The first-order chi connectivity index (χ1) is 22.4. The molecule has 48 heavy (non-hydrogen) atoms. The van der Waals surface area contributed by atoms with Crippen LogP contribution in [0.15, 0.2) is 30.3 Å². The van der Waals surface area contributed by atoms with Gasteiger partial charge in [0.25, 0.3) is 0 Å². The molecule has 3 atom stereocenters. The molecule has 15 nitrogen and oxygen atoms in total. The molecule has 1 saturated heterocycles. The lowest BCUT2D eigenvalue weighted by atomic mass is 9.87. The zero-order chi connectivity index (χ0) is 36.0. The normalized spacial score (nSPS) is 19.3. The van der Waals surface area contributed by atoms with Crippen molar-refractivity contribution in [2.45, 2.75) is 66.7 Å². The monoisotopic (exact) mass is 733 g/mol. The van der Waals surface area contributed by atoms with E-state index in [1.807, 2.05) is 0 Å². The summed E-state index contributed by atoms with van der Waals surface area (Å²) in [4.78, 5) is 73.7. The van der Waals surface area contributed by atoms with E-state index in [1.54, 1.807) is 65.0 Å². The summed E-state index contributed by atoms with van der Waals surface area (Å²) in [6, 6.07) is 7.60. The first-order valence-electron chi connectivity index (χ1n) is 15.0. The number of hydrogen-bond donors (Lipinski definition) is 3. The van der Waals surface area contributed by atoms with Gasteiger partial charge in [0.1, 0.15) is 12.6 Å². The van der Waals surface area contributed by atoms with Gasteiger partial charge in [-0.15, -0.1) is 0 Å². The van der Waals surface area contributed by atoms with Crippen molar-refractivity contribution in [3.63, 3.8) is 0 Å². The fraction of sp³-hybridized carbons (Fsp3) is 0.600. The average molecular weight is 734 g/mol. The summed E-state index contributed by atoms with van der Waals surface area (Å²) in [6.45, 7) is 8.92. The summed E-state index contributed by atoms with van der Waals surface area (Å²) in [5.74, 6) is -1.51. The fourth-order valence-corrected chi connectivity index (χ4v) is 6.63. The number of alkyl carbamates (subject to hydrolysis) is 1. The zero-order valence-corrected chi connectivity index (χ0v) is 30.4. The van der Waals surface area contributed by atoms with Crippen molar-refractivity contribution in [1.82, 2.24) is 16.0 Å². The Labute approximate surface area is 288 Å². The molecule has 2 rings (SSSR count). The van der Waals surface area contributed by atoms with Crippen LogP contribution in [0, 0.1) is 10.8 Å². The van der Waals surface area contributed by atoms with Gasteiger partial charge in [-0.25, -0.2) is 18.7 Å². The van der Waals surface area contributed by atoms with Crippen LogP contribution in [-0.4, -0.2) is 84.2 Å². The number of carbonyl (C=O) groups is 6. The molecule has 0 aromatic heterocycles. The number of phosphoric acid groups is 1. The number of benzene rings is 1. The number of esters is 1. The maximum atomic E-state index is 13.2. The SMILES string of the molecule is CC(=O)SCCNC(=O)CCNC(=O)[C@@H]1OP(=O)(OCOC(=O)N[C@@H](CSC(=O)C(C)(C)C)C(=O)OCc2ccccc2)OCC1(C)C. The second-order valence-corrected chi connectivity index (χ2v) is 16.1. The molecular formula is C30H44N3O12PS2. The number of amides is 3. The Bertz CT molecular complexity index is 1340. The number of phosphoric ester groups is 1. The number of rotatable bonds is 16. The predicted molar refractivity (Wildman–Crippen MR) is 179 cm³/mol. The summed E-state index contributed by atoms with van der Waals surface area (Å²) in [6.07, 6.45) is -2.49. The van der Waals surface area contributed by atoms with E-state index in [2.05, 4.69) is 16.0 Å². The predicted octanol–water partition coefficient (Wildman–Crippen LogP) is 3.56. The summed E-state index contributed by atoms with van der Waals surface area (Å²) < 4.78 is 39.2. The highest BCUT2D eigenvalue weighted by molar-refractivity contribution is 8.13. The minimum atomic E-state index is -4.40. The van der Waals surface area contributed by atoms with E-state index in [0.29, 0.717) is 17.9 Å². The molecule has 0 radical (unpaired) electrons. The van der Waals surface area contributed by atoms with Crippen molar-refractivity contribution in [1.29, 1.82) is 0 Å². The highest BCUT2D eigenvalue weighted by Gasteiger charge is 2.49. The Kier molecular flexibility index (Phi) is 16.6. The molecule has 3 amide bonds. The van der Waals surface area contributed by atoms with Gasteiger partial charge in [0.2, 0.25) is 18.6 Å². The number of nitrogens with one attached hydrogen (secondary N) is 3. The van der Waals surface area contributed by atoms with Crippen LogP contribution in [0.1, 0.15) is 53.5 Å². The molecule has 1 heterocycles. The van der Waals surface area contributed by atoms with Gasteiger partial charge >= 0.3 is 19.9 Å². The molecule has 3 N–H and O–H groups in total. The van der Waals surface area contributed by atoms with Crippen molar-refractivity contribution >= 4 is 65.5 Å². The number of carbonyl (C=O) groups excluding carboxylic acids is 6. The molecule has 0 aliphatic carbocycles. The molecule has 1 fully saturated rings. The Morgan fingerprint density at radius 1 is 1.02 bits per heavy atom. The van der Waals surface area contributed by atoms with E-state index in [1.165, 1.54) is 6.92 Å². The van der Waals surface area contributed by atoms with Crippen LogP contribution in [0.3, 0.4) is 0 Å². The van der Waals surface area contributed by atoms with E-state index in [9.17, 15) is 33.3 Å². The van der Waals surface area contributed by atoms with Crippen LogP contribution in [0.25, 0.3) is 0 Å². The van der Waals surface area contributed by atoms with Gasteiger partial charge in [-0.05, 0) is 5.56 Å². The molecule has 0 bridgehead atoms. The van der Waals surface area contributed by atoms with Gasteiger partial charge < -0.3 is 25.4 Å². The minimum Gasteiger partial charge on any atom is -0.459 e. The zero-order valence-electron chi connectivity index (χ0n) is 27.9. The van der Waals surface area contributed by atoms with Gasteiger partial charge in [0.15, 0.2) is 16.3 Å². The maximum Gasteiger partial charge on any atom is 0.478 e. The molecule has 0 spiro atoms. The Hall–Kier alpha value is -2.95. The molecule has 1 unspecified atom stereocenters. The van der Waals surface area contributed by atoms with Gasteiger partial charge in [0, 0.05) is 48.8 Å². The highest BCUT2D eigenvalue weighted by Crippen LogP contribution is 2.57. The second-order valence-electron chi connectivity index (χ2n) is 12.2. The van der Waals surface area contributed by atoms with Crippen molar-refractivity contribution in [3.05, 3.63) is 35.9 Å². The van der Waals surface area contributed by atoms with Crippen LogP contribution in [0.4, 0.5) is 4.79 Å². The molecule has 0 saturated carbocycles. The first kappa shape index (κ1) is 41.2. The number of ether oxygens (including phenoxy) is 2. The molecule has 268 valence electrons. The van der Waals surface area contributed by atoms with Gasteiger partial charge in [-0.3, -0.25) is 28.2 Å². The molecule has 1 aliphatic heterocycles. The molecule has 1 aromatic rings. The van der Waals surface area contributed by atoms with Crippen LogP contribution in [0.2, 0.25) is 0 Å². The van der Waals surface area contributed by atoms with E-state index in [4.69, 9.17) is 23.0 Å². The molecule has 1 aliphatic rings. The fourth-order valence-electron chi connectivity index (χ4n) is 3.66. The van der Waals surface area contributed by atoms with E-state index >= 15 is 0 Å². The molecular weight excluding hydrogens is 689 g/mol. The van der Waals surface area contributed by atoms with Crippen molar-refractivity contribution in [3.8, 4) is 0 Å². The van der Waals surface area contributed by atoms with Gasteiger partial charge in [-0.1, -0.05) is 88.5 Å². The lowest BCUT2D eigenvalue weighted by Gasteiger charge is -2.39. The van der Waals surface area contributed by atoms with E-state index in [0.717, 1.165) is 23.5 Å². The second kappa shape index (κ2) is 19.3. The topological polar surface area (TPSA) is 202 Å². The Morgan fingerprint density at radius 3 is 2.35 bits per heavy atom.